The molecule has 0 bridgehead atoms. The van der Waals surface area contributed by atoms with Crippen molar-refractivity contribution in [2.75, 3.05) is 23.3 Å². The molecule has 1 aliphatic carbocycles. The highest BCUT2D eigenvalue weighted by Gasteiger charge is 2.28. The van der Waals surface area contributed by atoms with E-state index in [0.717, 1.165) is 24.6 Å². The van der Waals surface area contributed by atoms with Crippen LogP contribution in [0.4, 0.5) is 16.0 Å². The molecule has 0 amide bonds. The van der Waals surface area contributed by atoms with E-state index < -0.39 is 0 Å². The molecule has 1 saturated heterocycles. The summed E-state index contributed by atoms with van der Waals surface area (Å²) in [6.07, 6.45) is 6.75. The van der Waals surface area contributed by atoms with Crippen LogP contribution in [0.2, 0.25) is 0 Å². The molecule has 2 fully saturated rings. The van der Waals surface area contributed by atoms with Crippen LogP contribution in [0.1, 0.15) is 31.0 Å². The minimum Gasteiger partial charge on any atom is -0.365 e. The minimum absolute atomic E-state index is 0.238. The zero-order valence-electron chi connectivity index (χ0n) is 12.5. The van der Waals surface area contributed by atoms with E-state index in [-0.39, 0.29) is 11.9 Å². The monoisotopic (exact) mass is 377 g/mol. The first kappa shape index (κ1) is 14.8. The summed E-state index contributed by atoms with van der Waals surface area (Å²) in [7, 11) is 0. The van der Waals surface area contributed by atoms with Gasteiger partial charge >= 0.3 is 0 Å². The van der Waals surface area contributed by atoms with Crippen molar-refractivity contribution in [3.05, 3.63) is 40.6 Å². The van der Waals surface area contributed by atoms with Crippen LogP contribution in [0, 0.1) is 5.82 Å². The van der Waals surface area contributed by atoms with E-state index in [9.17, 15) is 4.39 Å². The third kappa shape index (κ3) is 3.29. The molecule has 0 radical (unpaired) electrons. The zero-order chi connectivity index (χ0) is 15.8. The van der Waals surface area contributed by atoms with Crippen molar-refractivity contribution < 1.29 is 4.39 Å². The predicted molar refractivity (Wildman–Crippen MR) is 90.1 cm³/mol. The summed E-state index contributed by atoms with van der Waals surface area (Å²) in [5.41, 5.74) is 0. The summed E-state index contributed by atoms with van der Waals surface area (Å²) in [4.78, 5) is 15.1. The Hall–Kier alpha value is -1.76. The van der Waals surface area contributed by atoms with Crippen LogP contribution in [0.3, 0.4) is 0 Å². The molecular weight excluding hydrogens is 361 g/mol. The van der Waals surface area contributed by atoms with E-state index in [1.807, 2.05) is 17.2 Å². The second-order valence-corrected chi connectivity index (χ2v) is 7.02. The summed E-state index contributed by atoms with van der Waals surface area (Å²) < 4.78 is 14.7. The van der Waals surface area contributed by atoms with Crippen molar-refractivity contribution in [3.63, 3.8) is 0 Å². The van der Waals surface area contributed by atoms with E-state index >= 15 is 0 Å². The molecule has 1 saturated carbocycles. The van der Waals surface area contributed by atoms with E-state index in [1.54, 1.807) is 6.20 Å². The summed E-state index contributed by atoms with van der Waals surface area (Å²) in [6.45, 7) is 1.50. The van der Waals surface area contributed by atoms with Crippen LogP contribution in [0.5, 0.6) is 0 Å². The zero-order valence-corrected chi connectivity index (χ0v) is 14.1. The van der Waals surface area contributed by atoms with Crippen molar-refractivity contribution in [2.24, 2.45) is 0 Å². The molecule has 1 N–H and O–H groups in total. The number of nitrogens with one attached hydrogen (secondary N) is 1. The van der Waals surface area contributed by atoms with E-state index in [4.69, 9.17) is 0 Å². The molecule has 7 heteroatoms. The quantitative estimate of drug-likeness (QED) is 0.885. The fourth-order valence-electron chi connectivity index (χ4n) is 2.91. The molecule has 5 nitrogen and oxygen atoms in total. The molecule has 4 rings (SSSR count). The Balaban J connectivity index is 1.43. The lowest BCUT2D eigenvalue weighted by atomic mass is 10.2. The van der Waals surface area contributed by atoms with Gasteiger partial charge in [-0.1, -0.05) is 0 Å². The second-order valence-electron chi connectivity index (χ2n) is 6.11. The largest absolute Gasteiger partial charge is 0.365 e. The number of halogens is 2. The van der Waals surface area contributed by atoms with Gasteiger partial charge in [0, 0.05) is 41.9 Å². The van der Waals surface area contributed by atoms with Gasteiger partial charge < -0.3 is 10.2 Å². The number of anilines is 2. The molecule has 120 valence electrons. The summed E-state index contributed by atoms with van der Waals surface area (Å²) >= 11 is 3.24. The van der Waals surface area contributed by atoms with Gasteiger partial charge in [-0.15, -0.1) is 0 Å². The first-order chi connectivity index (χ1) is 11.2. The number of rotatable bonds is 4. The molecule has 23 heavy (non-hydrogen) atoms. The first-order valence-corrected chi connectivity index (χ1v) is 8.64. The van der Waals surface area contributed by atoms with Crippen LogP contribution in [-0.4, -0.2) is 34.1 Å². The Morgan fingerprint density at radius 1 is 1.26 bits per heavy atom. The minimum atomic E-state index is -0.293. The Morgan fingerprint density at radius 2 is 2.13 bits per heavy atom. The molecule has 2 aromatic heterocycles. The van der Waals surface area contributed by atoms with Gasteiger partial charge in [-0.25, -0.2) is 19.3 Å². The third-order valence-electron chi connectivity index (χ3n) is 4.24. The molecule has 1 atom stereocenters. The number of pyridine rings is 1. The van der Waals surface area contributed by atoms with Crippen molar-refractivity contribution in [3.8, 4) is 0 Å². The summed E-state index contributed by atoms with van der Waals surface area (Å²) in [6, 6.07) is 3.59. The number of aromatic nitrogens is 3. The molecule has 0 spiro atoms. The molecule has 0 aromatic carbocycles. The van der Waals surface area contributed by atoms with E-state index in [2.05, 4.69) is 36.2 Å². The maximum absolute atomic E-state index is 14.0. The van der Waals surface area contributed by atoms with Crippen LogP contribution in [0.15, 0.2) is 29.0 Å². The van der Waals surface area contributed by atoms with E-state index in [0.29, 0.717) is 22.8 Å². The standard InChI is InChI=1S/C16H17BrFN5/c17-11-7-13(18)16(20-8-11)23-6-4-12(9-23)21-14-3-5-19-15(22-14)10-1-2-10/h3,5,7-8,10,12H,1-2,4,6,9H2,(H,19,21,22). The van der Waals surface area contributed by atoms with Gasteiger partial charge in [-0.3, -0.25) is 0 Å². The lowest BCUT2D eigenvalue weighted by Crippen LogP contribution is -2.27. The average Bonchev–Trinajstić information content (AvgIpc) is 3.29. The maximum Gasteiger partial charge on any atom is 0.166 e. The Morgan fingerprint density at radius 3 is 2.91 bits per heavy atom. The number of hydrogen-bond acceptors (Lipinski definition) is 5. The van der Waals surface area contributed by atoms with Gasteiger partial charge in [0.1, 0.15) is 11.6 Å². The van der Waals surface area contributed by atoms with Gasteiger partial charge in [0.15, 0.2) is 11.6 Å². The van der Waals surface area contributed by atoms with E-state index in [1.165, 1.54) is 18.9 Å². The average molecular weight is 378 g/mol. The predicted octanol–water partition coefficient (Wildman–Crippen LogP) is 3.34. The van der Waals surface area contributed by atoms with Crippen LogP contribution in [0.25, 0.3) is 0 Å². The second kappa shape index (κ2) is 6.03. The summed E-state index contributed by atoms with van der Waals surface area (Å²) in [5, 5.41) is 3.44. The molecule has 2 aliphatic rings. The molecular formula is C16H17BrFN5. The molecule has 1 unspecified atom stereocenters. The van der Waals surface area contributed by atoms with Gasteiger partial charge in [0.25, 0.3) is 0 Å². The molecule has 1 aliphatic heterocycles. The lowest BCUT2D eigenvalue weighted by molar-refractivity contribution is 0.614. The van der Waals surface area contributed by atoms with Crippen molar-refractivity contribution >= 4 is 27.6 Å². The molecule has 3 heterocycles. The highest BCUT2D eigenvalue weighted by molar-refractivity contribution is 9.10. The summed E-state index contributed by atoms with van der Waals surface area (Å²) in [5.74, 6) is 2.46. The Bertz CT molecular complexity index is 721. The molecule has 2 aromatic rings. The van der Waals surface area contributed by atoms with Gasteiger partial charge in [-0.05, 0) is 47.3 Å². The normalized spacial score (nSPS) is 20.8. The van der Waals surface area contributed by atoms with Gasteiger partial charge in [0.05, 0.1) is 0 Å². The van der Waals surface area contributed by atoms with Crippen LogP contribution in [-0.2, 0) is 0 Å². The van der Waals surface area contributed by atoms with Crippen molar-refractivity contribution in [1.82, 2.24) is 15.0 Å². The topological polar surface area (TPSA) is 53.9 Å². The Labute approximate surface area is 142 Å². The van der Waals surface area contributed by atoms with Gasteiger partial charge in [0.2, 0.25) is 0 Å². The fraction of sp³-hybridized carbons (Fsp3) is 0.438. The van der Waals surface area contributed by atoms with Gasteiger partial charge in [-0.2, -0.15) is 0 Å². The SMILES string of the molecule is Fc1cc(Br)cnc1N1CCC(Nc2ccnc(C3CC3)n2)C1. The number of hydrogen-bond donors (Lipinski definition) is 1. The highest BCUT2D eigenvalue weighted by Crippen LogP contribution is 2.38. The lowest BCUT2D eigenvalue weighted by Gasteiger charge is -2.19. The smallest absolute Gasteiger partial charge is 0.166 e. The van der Waals surface area contributed by atoms with Crippen LogP contribution >= 0.6 is 15.9 Å². The highest BCUT2D eigenvalue weighted by atomic mass is 79.9. The Kier molecular flexibility index (Phi) is 3.88. The van der Waals surface area contributed by atoms with Crippen molar-refractivity contribution in [2.45, 2.75) is 31.2 Å². The third-order valence-corrected chi connectivity index (χ3v) is 4.68. The maximum atomic E-state index is 14.0. The van der Waals surface area contributed by atoms with Crippen molar-refractivity contribution in [1.29, 1.82) is 0 Å². The van der Waals surface area contributed by atoms with Crippen LogP contribution < -0.4 is 10.2 Å². The fourth-order valence-corrected chi connectivity index (χ4v) is 3.22. The number of nitrogens with zero attached hydrogens (tertiary/aromatic N) is 4. The first-order valence-electron chi connectivity index (χ1n) is 7.84.